The second kappa shape index (κ2) is 8.07. The molecule has 2 saturated carbocycles. The van der Waals surface area contributed by atoms with Crippen molar-refractivity contribution in [2.75, 3.05) is 13.1 Å². The third kappa shape index (κ3) is 4.23. The molecule has 3 fully saturated rings. The van der Waals surface area contributed by atoms with Crippen molar-refractivity contribution >= 4 is 11.3 Å². The predicted molar refractivity (Wildman–Crippen MR) is 112 cm³/mol. The van der Waals surface area contributed by atoms with E-state index in [0.29, 0.717) is 11.8 Å². The van der Waals surface area contributed by atoms with Gasteiger partial charge in [0.1, 0.15) is 0 Å². The van der Waals surface area contributed by atoms with Gasteiger partial charge in [0.25, 0.3) is 5.56 Å². The van der Waals surface area contributed by atoms with E-state index in [4.69, 9.17) is 4.98 Å². The van der Waals surface area contributed by atoms with Crippen LogP contribution in [0.5, 0.6) is 0 Å². The van der Waals surface area contributed by atoms with Crippen molar-refractivity contribution in [3.8, 4) is 0 Å². The maximum atomic E-state index is 12.4. The highest BCUT2D eigenvalue weighted by Crippen LogP contribution is 2.38. The van der Waals surface area contributed by atoms with Gasteiger partial charge in [0.2, 0.25) is 0 Å². The lowest BCUT2D eigenvalue weighted by Crippen LogP contribution is -2.36. The molecular weight excluding hydrogens is 368 g/mol. The van der Waals surface area contributed by atoms with Crippen molar-refractivity contribution in [2.45, 2.75) is 76.3 Å². The van der Waals surface area contributed by atoms with E-state index in [-0.39, 0.29) is 5.56 Å². The largest absolute Gasteiger partial charge is 0.299 e. The van der Waals surface area contributed by atoms with Gasteiger partial charge in [-0.3, -0.25) is 14.3 Å². The van der Waals surface area contributed by atoms with Gasteiger partial charge in [0.05, 0.1) is 22.7 Å². The predicted octanol–water partition coefficient (Wildman–Crippen LogP) is 4.15. The lowest BCUT2D eigenvalue weighted by atomic mass is 9.96. The summed E-state index contributed by atoms with van der Waals surface area (Å²) in [6.45, 7) is 3.99. The number of hydrogen-bond donors (Lipinski definition) is 0. The van der Waals surface area contributed by atoms with Crippen LogP contribution in [0.4, 0.5) is 0 Å². The van der Waals surface area contributed by atoms with Crippen LogP contribution >= 0.6 is 11.3 Å². The molecule has 0 amide bonds. The van der Waals surface area contributed by atoms with E-state index in [0.717, 1.165) is 50.6 Å². The molecule has 5 rings (SSSR count). The van der Waals surface area contributed by atoms with Crippen molar-refractivity contribution in [2.24, 2.45) is 5.92 Å². The summed E-state index contributed by atoms with van der Waals surface area (Å²) in [6.07, 6.45) is 11.9. The maximum absolute atomic E-state index is 12.4. The standard InChI is InChI=1S/C22H30N4OS/c27-21-11-20(17-5-6-17)23-15-26(21)12-16-7-9-25(10-8-16)13-19-14-28-22(24-19)18-3-1-2-4-18/h11,14-18H,1-10,12-13H2. The molecule has 0 spiro atoms. The lowest BCUT2D eigenvalue weighted by Gasteiger charge is -2.31. The van der Waals surface area contributed by atoms with Crippen LogP contribution in [0.3, 0.4) is 0 Å². The van der Waals surface area contributed by atoms with Gasteiger partial charge in [0, 0.05) is 36.4 Å². The zero-order valence-corrected chi connectivity index (χ0v) is 17.4. The normalized spacial score (nSPS) is 22.1. The van der Waals surface area contributed by atoms with E-state index >= 15 is 0 Å². The molecule has 0 bridgehead atoms. The van der Waals surface area contributed by atoms with Crippen molar-refractivity contribution in [3.05, 3.63) is 44.5 Å². The average molecular weight is 399 g/mol. The molecule has 0 N–H and O–H groups in total. The summed E-state index contributed by atoms with van der Waals surface area (Å²) in [7, 11) is 0. The summed E-state index contributed by atoms with van der Waals surface area (Å²) in [5, 5.41) is 3.63. The Hall–Kier alpha value is -1.53. The first kappa shape index (κ1) is 18.5. The van der Waals surface area contributed by atoms with E-state index in [1.165, 1.54) is 49.2 Å². The second-order valence-corrected chi connectivity index (χ2v) is 9.85. The summed E-state index contributed by atoms with van der Waals surface area (Å²) >= 11 is 1.86. The molecule has 1 aliphatic heterocycles. The molecule has 28 heavy (non-hydrogen) atoms. The molecule has 1 saturated heterocycles. The second-order valence-electron chi connectivity index (χ2n) is 8.96. The number of nitrogens with zero attached hydrogens (tertiary/aromatic N) is 4. The molecule has 2 aromatic rings. The number of likely N-dealkylation sites (tertiary alicyclic amines) is 1. The fourth-order valence-corrected chi connectivity index (χ4v) is 5.75. The summed E-state index contributed by atoms with van der Waals surface area (Å²) in [6, 6.07) is 1.76. The van der Waals surface area contributed by atoms with Gasteiger partial charge in [-0.1, -0.05) is 12.8 Å². The van der Waals surface area contributed by atoms with E-state index in [1.54, 1.807) is 12.4 Å². The Morgan fingerprint density at radius 1 is 1.04 bits per heavy atom. The third-order valence-electron chi connectivity index (χ3n) is 6.72. The van der Waals surface area contributed by atoms with Gasteiger partial charge in [0.15, 0.2) is 0 Å². The van der Waals surface area contributed by atoms with E-state index < -0.39 is 0 Å². The number of thiazole rings is 1. The van der Waals surface area contributed by atoms with Crippen LogP contribution in [-0.2, 0) is 13.1 Å². The molecule has 2 aliphatic carbocycles. The molecular formula is C22H30N4OS. The summed E-state index contributed by atoms with van der Waals surface area (Å²) in [4.78, 5) is 24.4. The molecule has 3 heterocycles. The highest BCUT2D eigenvalue weighted by molar-refractivity contribution is 7.09. The molecule has 5 nitrogen and oxygen atoms in total. The summed E-state index contributed by atoms with van der Waals surface area (Å²) in [5.41, 5.74) is 2.37. The van der Waals surface area contributed by atoms with Crippen molar-refractivity contribution in [1.82, 2.24) is 19.4 Å². The number of aromatic nitrogens is 3. The van der Waals surface area contributed by atoms with E-state index in [9.17, 15) is 4.79 Å². The summed E-state index contributed by atoms with van der Waals surface area (Å²) < 4.78 is 1.82. The third-order valence-corrected chi connectivity index (χ3v) is 7.77. The molecule has 0 unspecified atom stereocenters. The first-order chi connectivity index (χ1) is 13.7. The van der Waals surface area contributed by atoms with Crippen LogP contribution in [0.2, 0.25) is 0 Å². The Morgan fingerprint density at radius 2 is 1.82 bits per heavy atom. The minimum atomic E-state index is 0.126. The van der Waals surface area contributed by atoms with Gasteiger partial charge in [-0.2, -0.15) is 0 Å². The number of rotatable bonds is 6. The zero-order chi connectivity index (χ0) is 18.9. The first-order valence-corrected chi connectivity index (χ1v) is 11.9. The Labute approximate surface area is 170 Å². The van der Waals surface area contributed by atoms with Gasteiger partial charge in [-0.05, 0) is 57.5 Å². The van der Waals surface area contributed by atoms with Gasteiger partial charge in [-0.15, -0.1) is 11.3 Å². The van der Waals surface area contributed by atoms with Crippen molar-refractivity contribution in [1.29, 1.82) is 0 Å². The van der Waals surface area contributed by atoms with Gasteiger partial charge in [-0.25, -0.2) is 9.97 Å². The molecule has 0 radical (unpaired) electrons. The highest BCUT2D eigenvalue weighted by Gasteiger charge is 2.26. The van der Waals surface area contributed by atoms with Crippen molar-refractivity contribution in [3.63, 3.8) is 0 Å². The lowest BCUT2D eigenvalue weighted by molar-refractivity contribution is 0.165. The first-order valence-electron chi connectivity index (χ1n) is 11.0. The van der Waals surface area contributed by atoms with Crippen LogP contribution in [0.25, 0.3) is 0 Å². The molecule has 3 aliphatic rings. The fourth-order valence-electron chi connectivity index (χ4n) is 4.77. The number of hydrogen-bond acceptors (Lipinski definition) is 5. The average Bonchev–Trinajstić information content (AvgIpc) is 3.21. The van der Waals surface area contributed by atoms with Gasteiger partial charge >= 0.3 is 0 Å². The maximum Gasteiger partial charge on any atom is 0.253 e. The van der Waals surface area contributed by atoms with E-state index in [1.807, 2.05) is 15.9 Å². The zero-order valence-electron chi connectivity index (χ0n) is 16.6. The smallest absolute Gasteiger partial charge is 0.253 e. The molecule has 0 aromatic carbocycles. The Kier molecular flexibility index (Phi) is 5.33. The molecule has 150 valence electrons. The van der Waals surface area contributed by atoms with Crippen LogP contribution in [0, 0.1) is 5.92 Å². The Balaban J connectivity index is 1.12. The summed E-state index contributed by atoms with van der Waals surface area (Å²) in [5.74, 6) is 1.85. The fraction of sp³-hybridized carbons (Fsp3) is 0.682. The van der Waals surface area contributed by atoms with Crippen LogP contribution in [0.1, 0.15) is 79.6 Å². The SMILES string of the molecule is O=c1cc(C2CC2)ncn1CC1CCN(Cc2csc(C3CCCC3)n2)CC1. The van der Waals surface area contributed by atoms with Gasteiger partial charge < -0.3 is 0 Å². The van der Waals surface area contributed by atoms with Crippen LogP contribution in [0.15, 0.2) is 22.6 Å². The van der Waals surface area contributed by atoms with Crippen molar-refractivity contribution < 1.29 is 0 Å². The number of piperidine rings is 1. The van der Waals surface area contributed by atoms with Crippen LogP contribution < -0.4 is 5.56 Å². The molecule has 2 aromatic heterocycles. The highest BCUT2D eigenvalue weighted by atomic mass is 32.1. The topological polar surface area (TPSA) is 51.0 Å². The molecule has 6 heteroatoms. The molecule has 0 atom stereocenters. The Morgan fingerprint density at radius 3 is 2.54 bits per heavy atom. The quantitative estimate of drug-likeness (QED) is 0.734. The minimum Gasteiger partial charge on any atom is -0.299 e. The van der Waals surface area contributed by atoms with E-state index in [2.05, 4.69) is 15.3 Å². The minimum absolute atomic E-state index is 0.126. The van der Waals surface area contributed by atoms with Crippen LogP contribution in [-0.4, -0.2) is 32.5 Å². The Bertz CT molecular complexity index is 857. The monoisotopic (exact) mass is 398 g/mol.